The zero-order valence-corrected chi connectivity index (χ0v) is 22.0. The number of pyridine rings is 1. The number of ether oxygens (including phenoxy) is 1. The number of hydrogen-bond acceptors (Lipinski definition) is 5. The molecular formula is C29H36N4O3. The highest BCUT2D eigenvalue weighted by atomic mass is 16.6. The Labute approximate surface area is 213 Å². The van der Waals surface area contributed by atoms with Crippen LogP contribution in [-0.4, -0.2) is 34.5 Å². The highest BCUT2D eigenvalue weighted by molar-refractivity contribution is 5.94. The first-order valence-electron chi connectivity index (χ1n) is 12.1. The summed E-state index contributed by atoms with van der Waals surface area (Å²) in [6.07, 6.45) is 0.136. The number of amides is 2. The number of aromatic nitrogens is 1. The van der Waals surface area contributed by atoms with E-state index < -0.39 is 17.5 Å². The molecule has 0 fully saturated rings. The molecule has 2 amide bonds. The lowest BCUT2D eigenvalue weighted by molar-refractivity contribution is 0.1000. The molecule has 2 aromatic carbocycles. The van der Waals surface area contributed by atoms with Gasteiger partial charge >= 0.3 is 6.09 Å². The monoisotopic (exact) mass is 488 g/mol. The summed E-state index contributed by atoms with van der Waals surface area (Å²) >= 11 is 0. The average molecular weight is 489 g/mol. The average Bonchev–Trinajstić information content (AvgIpc) is 2.83. The molecule has 0 atom stereocenters. The number of carbonyl (C=O) groups is 2. The van der Waals surface area contributed by atoms with Gasteiger partial charge in [0, 0.05) is 35.8 Å². The lowest BCUT2D eigenvalue weighted by atomic mass is 9.96. The molecule has 190 valence electrons. The van der Waals surface area contributed by atoms with Gasteiger partial charge in [-0.15, -0.1) is 0 Å². The Balaban J connectivity index is 2.25. The van der Waals surface area contributed by atoms with E-state index in [-0.39, 0.29) is 5.92 Å². The van der Waals surface area contributed by atoms with E-state index >= 15 is 0 Å². The summed E-state index contributed by atoms with van der Waals surface area (Å²) in [7, 11) is 1.72. The summed E-state index contributed by atoms with van der Waals surface area (Å²) in [6, 6.07) is 16.8. The van der Waals surface area contributed by atoms with E-state index in [0.717, 1.165) is 22.3 Å². The van der Waals surface area contributed by atoms with Crippen LogP contribution in [0.25, 0.3) is 22.4 Å². The molecule has 0 saturated carbocycles. The second-order valence-corrected chi connectivity index (χ2v) is 10.4. The molecule has 3 aromatic rings. The summed E-state index contributed by atoms with van der Waals surface area (Å²) in [6.45, 7) is 10.4. The molecule has 0 aliphatic rings. The minimum absolute atomic E-state index is 0.259. The predicted molar refractivity (Wildman–Crippen MR) is 144 cm³/mol. The Morgan fingerprint density at radius 2 is 1.69 bits per heavy atom. The normalized spacial score (nSPS) is 11.4. The molecular weight excluding hydrogens is 452 g/mol. The molecule has 1 aromatic heterocycles. The maximum atomic E-state index is 13.2. The van der Waals surface area contributed by atoms with Crippen molar-refractivity contribution in [3.63, 3.8) is 0 Å². The Bertz CT molecular complexity index is 1240. The Kier molecular flexibility index (Phi) is 8.15. The number of benzene rings is 2. The summed E-state index contributed by atoms with van der Waals surface area (Å²) < 4.78 is 6.06. The van der Waals surface area contributed by atoms with Gasteiger partial charge in [0.05, 0.1) is 11.4 Å². The van der Waals surface area contributed by atoms with Gasteiger partial charge in [-0.25, -0.2) is 9.78 Å². The van der Waals surface area contributed by atoms with Crippen molar-refractivity contribution >= 4 is 12.0 Å². The van der Waals surface area contributed by atoms with Gasteiger partial charge < -0.3 is 21.1 Å². The van der Waals surface area contributed by atoms with Crippen LogP contribution in [0, 0.1) is 5.92 Å². The summed E-state index contributed by atoms with van der Waals surface area (Å²) in [5.74, 6) is 0.183. The van der Waals surface area contributed by atoms with Crippen LogP contribution < -0.4 is 16.2 Å². The van der Waals surface area contributed by atoms with Crippen LogP contribution in [0.5, 0.6) is 5.75 Å². The zero-order chi connectivity index (χ0) is 26.6. The van der Waals surface area contributed by atoms with E-state index in [1.165, 1.54) is 0 Å². The number of rotatable bonds is 7. The molecule has 0 aliphatic heterocycles. The summed E-state index contributed by atoms with van der Waals surface area (Å²) in [5.41, 5.74) is 16.0. The molecule has 7 nitrogen and oxygen atoms in total. The van der Waals surface area contributed by atoms with E-state index in [0.29, 0.717) is 35.7 Å². The number of nitrogens with two attached hydrogens (primary N) is 2. The molecule has 0 unspecified atom stereocenters. The van der Waals surface area contributed by atoms with E-state index in [1.807, 2.05) is 57.2 Å². The quantitative estimate of drug-likeness (QED) is 0.462. The van der Waals surface area contributed by atoms with Crippen molar-refractivity contribution in [1.82, 2.24) is 9.88 Å². The molecule has 0 aliphatic carbocycles. The third kappa shape index (κ3) is 6.29. The van der Waals surface area contributed by atoms with Gasteiger partial charge in [0.15, 0.2) is 5.75 Å². The molecule has 0 saturated heterocycles. The van der Waals surface area contributed by atoms with Gasteiger partial charge in [0.25, 0.3) is 0 Å². The standard InChI is InChI=1S/C29H36N4O3/c1-18(2)14-25-26(36-28(35)33(6)29(3,4)5)23(20-12-10-19(17-30)11-13-20)16-24(32-25)21-8-7-9-22(15-21)27(31)34/h7-13,15-16,18H,14,17,30H2,1-6H3,(H2,31,34). The lowest BCUT2D eigenvalue weighted by Gasteiger charge is -2.31. The van der Waals surface area contributed by atoms with Gasteiger partial charge in [-0.2, -0.15) is 0 Å². The summed E-state index contributed by atoms with van der Waals surface area (Å²) in [4.78, 5) is 31.4. The van der Waals surface area contributed by atoms with Crippen LogP contribution in [0.3, 0.4) is 0 Å². The third-order valence-electron chi connectivity index (χ3n) is 6.06. The van der Waals surface area contributed by atoms with Crippen molar-refractivity contribution in [2.45, 2.75) is 53.1 Å². The minimum atomic E-state index is -0.507. The van der Waals surface area contributed by atoms with Gasteiger partial charge in [-0.1, -0.05) is 50.2 Å². The fraction of sp³-hybridized carbons (Fsp3) is 0.345. The summed E-state index contributed by atoms with van der Waals surface area (Å²) in [5, 5.41) is 0. The number of hydrogen-bond donors (Lipinski definition) is 2. The zero-order valence-electron chi connectivity index (χ0n) is 22.0. The highest BCUT2D eigenvalue weighted by Gasteiger charge is 2.27. The number of carbonyl (C=O) groups excluding carboxylic acids is 2. The third-order valence-corrected chi connectivity index (χ3v) is 6.06. The Morgan fingerprint density at radius 3 is 2.25 bits per heavy atom. The van der Waals surface area contributed by atoms with E-state index in [9.17, 15) is 9.59 Å². The highest BCUT2D eigenvalue weighted by Crippen LogP contribution is 2.38. The largest absolute Gasteiger partial charge is 0.415 e. The van der Waals surface area contributed by atoms with Crippen LogP contribution in [0.4, 0.5) is 4.79 Å². The topological polar surface area (TPSA) is 112 Å². The van der Waals surface area contributed by atoms with Crippen molar-refractivity contribution in [2.24, 2.45) is 17.4 Å². The van der Waals surface area contributed by atoms with Crippen LogP contribution >= 0.6 is 0 Å². The van der Waals surface area contributed by atoms with E-state index in [4.69, 9.17) is 21.2 Å². The van der Waals surface area contributed by atoms with E-state index in [2.05, 4.69) is 13.8 Å². The van der Waals surface area contributed by atoms with Gasteiger partial charge in [-0.05, 0) is 62.4 Å². The van der Waals surface area contributed by atoms with Crippen molar-refractivity contribution in [1.29, 1.82) is 0 Å². The van der Waals surface area contributed by atoms with Crippen molar-refractivity contribution in [2.75, 3.05) is 7.05 Å². The predicted octanol–water partition coefficient (Wildman–Crippen LogP) is 5.40. The van der Waals surface area contributed by atoms with E-state index in [1.54, 1.807) is 30.1 Å². The smallest absolute Gasteiger partial charge is 0.408 e. The Hall–Kier alpha value is -3.71. The van der Waals surface area contributed by atoms with Gasteiger partial charge in [0.1, 0.15) is 0 Å². The second kappa shape index (κ2) is 10.9. The SMILES string of the molecule is CC(C)Cc1nc(-c2cccc(C(N)=O)c2)cc(-c2ccc(CN)cc2)c1OC(=O)N(C)C(C)(C)C. The van der Waals surface area contributed by atoms with Crippen molar-refractivity contribution in [3.8, 4) is 28.1 Å². The van der Waals surface area contributed by atoms with Gasteiger partial charge in [0.2, 0.25) is 5.91 Å². The maximum Gasteiger partial charge on any atom is 0.415 e. The molecule has 36 heavy (non-hydrogen) atoms. The molecule has 4 N–H and O–H groups in total. The molecule has 7 heteroatoms. The van der Waals surface area contributed by atoms with Gasteiger partial charge in [-0.3, -0.25) is 4.79 Å². The number of primary amides is 1. The number of nitrogens with zero attached hydrogens (tertiary/aromatic N) is 2. The fourth-order valence-electron chi connectivity index (χ4n) is 3.67. The molecule has 1 heterocycles. The first kappa shape index (κ1) is 26.9. The molecule has 0 bridgehead atoms. The second-order valence-electron chi connectivity index (χ2n) is 10.4. The first-order valence-corrected chi connectivity index (χ1v) is 12.1. The molecule has 0 spiro atoms. The fourth-order valence-corrected chi connectivity index (χ4v) is 3.67. The van der Waals surface area contributed by atoms with Crippen LogP contribution in [0.1, 0.15) is 56.2 Å². The van der Waals surface area contributed by atoms with Crippen molar-refractivity contribution in [3.05, 3.63) is 71.4 Å². The van der Waals surface area contributed by atoms with Crippen molar-refractivity contribution < 1.29 is 14.3 Å². The first-order chi connectivity index (χ1) is 16.9. The van der Waals surface area contributed by atoms with Crippen LogP contribution in [0.15, 0.2) is 54.6 Å². The van der Waals surface area contributed by atoms with Crippen LogP contribution in [-0.2, 0) is 13.0 Å². The van der Waals surface area contributed by atoms with Crippen LogP contribution in [0.2, 0.25) is 0 Å². The Morgan fingerprint density at radius 1 is 1.03 bits per heavy atom. The lowest BCUT2D eigenvalue weighted by Crippen LogP contribution is -2.44. The minimum Gasteiger partial charge on any atom is -0.408 e. The maximum absolute atomic E-state index is 13.2. The molecule has 3 rings (SSSR count). The molecule has 0 radical (unpaired) electrons.